The summed E-state index contributed by atoms with van der Waals surface area (Å²) in [6, 6.07) is 1.70. The molecule has 2 heterocycles. The maximum Gasteiger partial charge on any atom is 0.173 e. The van der Waals surface area contributed by atoms with E-state index in [2.05, 4.69) is 0 Å². The molecule has 0 saturated heterocycles. The molecule has 0 aliphatic heterocycles. The van der Waals surface area contributed by atoms with Crippen LogP contribution < -0.4 is 5.73 Å². The average Bonchev–Trinajstić information content (AvgIpc) is 2.35. The lowest BCUT2D eigenvalue weighted by atomic mass is 10.4. The second kappa shape index (κ2) is 1.87. The van der Waals surface area contributed by atoms with Gasteiger partial charge in [-0.25, -0.2) is 0 Å². The third kappa shape index (κ3) is 0.693. The highest BCUT2D eigenvalue weighted by atomic mass is 32.2. The largest absolute Gasteiger partial charge is 0.499 e. The molecular formula is C6H5NOS2. The minimum atomic E-state index is 0.341. The van der Waals surface area contributed by atoms with Gasteiger partial charge in [0.2, 0.25) is 0 Å². The number of fused-ring (bicyclic) bond motifs is 1. The van der Waals surface area contributed by atoms with E-state index in [0.717, 1.165) is 15.1 Å². The highest BCUT2D eigenvalue weighted by Crippen LogP contribution is 2.38. The zero-order valence-electron chi connectivity index (χ0n) is 5.00. The Kier molecular flexibility index (Phi) is 1.12. The number of hydrogen-bond acceptors (Lipinski definition) is 4. The number of hydrogen-bond donors (Lipinski definition) is 2. The molecule has 0 unspecified atom stereocenters. The summed E-state index contributed by atoms with van der Waals surface area (Å²) < 4.78 is 1.09. The molecule has 0 aliphatic carbocycles. The van der Waals surface area contributed by atoms with Crippen LogP contribution in [0.1, 0.15) is 0 Å². The summed E-state index contributed by atoms with van der Waals surface area (Å²) >= 11 is 2.94. The van der Waals surface area contributed by atoms with Crippen LogP contribution in [0.2, 0.25) is 0 Å². The van der Waals surface area contributed by atoms with E-state index in [4.69, 9.17) is 10.8 Å². The van der Waals surface area contributed by atoms with Crippen LogP contribution in [0.15, 0.2) is 11.4 Å². The molecule has 0 bridgehead atoms. The van der Waals surface area contributed by atoms with Crippen molar-refractivity contribution in [1.29, 1.82) is 0 Å². The number of nitrogen functional groups attached to an aromatic ring is 1. The first-order valence-electron chi connectivity index (χ1n) is 2.73. The minimum absolute atomic E-state index is 0.341. The number of nitrogens with two attached hydrogens (primary N) is 1. The van der Waals surface area contributed by atoms with Crippen molar-refractivity contribution in [3.63, 3.8) is 0 Å². The van der Waals surface area contributed by atoms with Crippen LogP contribution in [0, 0.1) is 0 Å². The van der Waals surface area contributed by atoms with E-state index < -0.39 is 0 Å². The van der Waals surface area contributed by atoms with Crippen molar-refractivity contribution in [3.05, 3.63) is 11.4 Å². The predicted molar refractivity (Wildman–Crippen MR) is 45.8 cm³/mol. The van der Waals surface area contributed by atoms with Gasteiger partial charge in [-0.15, -0.1) is 11.3 Å². The van der Waals surface area contributed by atoms with Gasteiger partial charge in [0.25, 0.3) is 0 Å². The summed E-state index contributed by atoms with van der Waals surface area (Å²) in [6.45, 7) is 0. The van der Waals surface area contributed by atoms with Gasteiger partial charge in [-0.1, -0.05) is 11.3 Å². The lowest BCUT2D eigenvalue weighted by Gasteiger charge is -1.78. The number of rotatable bonds is 0. The van der Waals surface area contributed by atoms with E-state index in [1.165, 1.54) is 11.3 Å². The van der Waals surface area contributed by atoms with Crippen LogP contribution in [0.25, 0.3) is 9.40 Å². The molecule has 2 aromatic rings. The molecule has 0 saturated carbocycles. The van der Waals surface area contributed by atoms with Gasteiger partial charge in [-0.05, 0) is 0 Å². The summed E-state index contributed by atoms with van der Waals surface area (Å²) in [5.41, 5.74) is 6.36. The summed E-state index contributed by atoms with van der Waals surface area (Å²) in [5, 5.41) is 12.2. The molecule has 0 aliphatic rings. The van der Waals surface area contributed by atoms with Crippen molar-refractivity contribution in [2.75, 3.05) is 5.73 Å². The van der Waals surface area contributed by atoms with Crippen molar-refractivity contribution in [3.8, 4) is 5.06 Å². The van der Waals surface area contributed by atoms with Gasteiger partial charge in [0.1, 0.15) is 0 Å². The first-order chi connectivity index (χ1) is 4.77. The van der Waals surface area contributed by atoms with E-state index in [1.807, 2.05) is 5.38 Å². The zero-order valence-corrected chi connectivity index (χ0v) is 6.63. The van der Waals surface area contributed by atoms with Crippen LogP contribution >= 0.6 is 22.7 Å². The van der Waals surface area contributed by atoms with Crippen LogP contribution in [0.4, 0.5) is 5.69 Å². The number of thiophene rings is 2. The molecule has 10 heavy (non-hydrogen) atoms. The summed E-state index contributed by atoms with van der Waals surface area (Å²) in [6.07, 6.45) is 0. The molecule has 3 N–H and O–H groups in total. The van der Waals surface area contributed by atoms with E-state index in [1.54, 1.807) is 17.4 Å². The maximum absolute atomic E-state index is 9.04. The third-order valence-corrected chi connectivity index (χ3v) is 3.37. The number of anilines is 1. The molecule has 0 aromatic carbocycles. The zero-order chi connectivity index (χ0) is 7.14. The molecular weight excluding hydrogens is 166 g/mol. The van der Waals surface area contributed by atoms with Crippen LogP contribution in [-0.4, -0.2) is 5.11 Å². The molecule has 0 atom stereocenters. The predicted octanol–water partition coefficient (Wildman–Crippen LogP) is 2.25. The van der Waals surface area contributed by atoms with Crippen LogP contribution in [-0.2, 0) is 0 Å². The standard InChI is InChI=1S/C6H5NOS2/c7-4-2-9-6-3(4)1-5(8)10-6/h1-2,8H,7H2. The molecule has 52 valence electrons. The summed E-state index contributed by atoms with van der Waals surface area (Å²) in [4.78, 5) is 0. The van der Waals surface area contributed by atoms with E-state index in [-0.39, 0.29) is 0 Å². The Morgan fingerprint density at radius 2 is 2.30 bits per heavy atom. The fraction of sp³-hybridized carbons (Fsp3) is 0. The van der Waals surface area contributed by atoms with E-state index in [0.29, 0.717) is 5.06 Å². The first kappa shape index (κ1) is 6.00. The van der Waals surface area contributed by atoms with Gasteiger partial charge in [0.05, 0.1) is 9.70 Å². The Balaban J connectivity index is 2.90. The Hall–Kier alpha value is -0.740. The molecule has 2 aromatic heterocycles. The topological polar surface area (TPSA) is 46.2 Å². The van der Waals surface area contributed by atoms with Crippen LogP contribution in [0.3, 0.4) is 0 Å². The monoisotopic (exact) mass is 171 g/mol. The number of aromatic hydroxyl groups is 1. The second-order valence-electron chi connectivity index (χ2n) is 1.98. The van der Waals surface area contributed by atoms with Crippen molar-refractivity contribution >= 4 is 37.8 Å². The normalized spacial score (nSPS) is 10.8. The molecule has 2 nitrogen and oxygen atoms in total. The van der Waals surface area contributed by atoms with Crippen molar-refractivity contribution in [1.82, 2.24) is 0 Å². The quantitative estimate of drug-likeness (QED) is 0.638. The average molecular weight is 171 g/mol. The SMILES string of the molecule is Nc1csc2sc(O)cc12. The summed E-state index contributed by atoms with van der Waals surface area (Å²) in [7, 11) is 0. The molecule has 0 radical (unpaired) electrons. The van der Waals surface area contributed by atoms with E-state index >= 15 is 0 Å². The van der Waals surface area contributed by atoms with Gasteiger partial charge in [0.15, 0.2) is 5.06 Å². The molecule has 2 rings (SSSR count). The molecule has 0 fully saturated rings. The third-order valence-electron chi connectivity index (χ3n) is 1.29. The molecule has 0 amide bonds. The van der Waals surface area contributed by atoms with E-state index in [9.17, 15) is 0 Å². The highest BCUT2D eigenvalue weighted by molar-refractivity contribution is 7.38. The Labute approximate surface area is 65.5 Å². The fourth-order valence-electron chi connectivity index (χ4n) is 0.831. The lowest BCUT2D eigenvalue weighted by molar-refractivity contribution is 0.491. The highest BCUT2D eigenvalue weighted by Gasteiger charge is 2.04. The first-order valence-corrected chi connectivity index (χ1v) is 4.42. The lowest BCUT2D eigenvalue weighted by Crippen LogP contribution is -1.76. The molecule has 4 heteroatoms. The Bertz CT molecular complexity index is 363. The van der Waals surface area contributed by atoms with Crippen molar-refractivity contribution < 1.29 is 5.11 Å². The van der Waals surface area contributed by atoms with Gasteiger partial charge in [0, 0.05) is 16.8 Å². The van der Waals surface area contributed by atoms with Gasteiger partial charge in [-0.3, -0.25) is 0 Å². The Morgan fingerprint density at radius 3 is 3.00 bits per heavy atom. The van der Waals surface area contributed by atoms with Crippen molar-refractivity contribution in [2.45, 2.75) is 0 Å². The smallest absolute Gasteiger partial charge is 0.173 e. The van der Waals surface area contributed by atoms with Gasteiger partial charge >= 0.3 is 0 Å². The maximum atomic E-state index is 9.04. The van der Waals surface area contributed by atoms with Crippen molar-refractivity contribution in [2.24, 2.45) is 0 Å². The fourth-order valence-corrected chi connectivity index (χ4v) is 2.74. The summed E-state index contributed by atoms with van der Waals surface area (Å²) in [5.74, 6) is 0. The molecule has 0 spiro atoms. The van der Waals surface area contributed by atoms with Gasteiger partial charge in [-0.2, -0.15) is 0 Å². The van der Waals surface area contributed by atoms with Crippen LogP contribution in [0.5, 0.6) is 5.06 Å². The minimum Gasteiger partial charge on any atom is -0.499 e. The second-order valence-corrected chi connectivity index (χ2v) is 4.15. The van der Waals surface area contributed by atoms with Gasteiger partial charge < -0.3 is 10.8 Å². The Morgan fingerprint density at radius 1 is 1.50 bits per heavy atom.